The first-order valence-electron chi connectivity index (χ1n) is 8.19. The Hall–Kier alpha value is -3.15. The molecule has 1 heterocycles. The van der Waals surface area contributed by atoms with Crippen LogP contribution in [0.1, 0.15) is 24.3 Å². The molecule has 0 unspecified atom stereocenters. The average molecular weight is 355 g/mol. The molecule has 0 saturated heterocycles. The van der Waals surface area contributed by atoms with Crippen molar-refractivity contribution in [1.29, 1.82) is 0 Å². The van der Waals surface area contributed by atoms with Crippen LogP contribution >= 0.6 is 0 Å². The number of hydrogen-bond acceptors (Lipinski definition) is 4. The van der Waals surface area contributed by atoms with Crippen LogP contribution in [0.15, 0.2) is 59.0 Å². The highest BCUT2D eigenvalue weighted by Crippen LogP contribution is 2.23. The predicted molar refractivity (Wildman–Crippen MR) is 93.8 cm³/mol. The van der Waals surface area contributed by atoms with Crippen LogP contribution < -0.4 is 5.32 Å². The second-order valence-electron chi connectivity index (χ2n) is 5.94. The molecule has 1 amide bonds. The fourth-order valence-corrected chi connectivity index (χ4v) is 2.54. The lowest BCUT2D eigenvalue weighted by atomic mass is 10.1. The average Bonchev–Trinajstić information content (AvgIpc) is 3.06. The summed E-state index contributed by atoms with van der Waals surface area (Å²) in [4.78, 5) is 23.7. The standard InChI is InChI=1S/C20H18FNO4/c1-13(18-11-15-4-2-3-5-17(15)26-18)22-19(23)12-25-20(24)10-14-6-8-16(21)9-7-14/h2-9,11,13H,10,12H2,1H3,(H,22,23)/t13-/m1/s1. The van der Waals surface area contributed by atoms with Gasteiger partial charge in [-0.05, 0) is 36.8 Å². The van der Waals surface area contributed by atoms with Gasteiger partial charge in [0.2, 0.25) is 0 Å². The zero-order chi connectivity index (χ0) is 18.5. The number of rotatable bonds is 6. The topological polar surface area (TPSA) is 68.5 Å². The Morgan fingerprint density at radius 1 is 1.15 bits per heavy atom. The molecule has 5 nitrogen and oxygen atoms in total. The molecule has 1 aromatic heterocycles. The predicted octanol–water partition coefficient (Wildman–Crippen LogP) is 3.54. The van der Waals surface area contributed by atoms with Crippen molar-refractivity contribution in [2.75, 3.05) is 6.61 Å². The Labute approximate surface area is 149 Å². The lowest BCUT2D eigenvalue weighted by molar-refractivity contribution is -0.148. The van der Waals surface area contributed by atoms with E-state index in [1.54, 1.807) is 6.92 Å². The van der Waals surface area contributed by atoms with Crippen molar-refractivity contribution in [2.24, 2.45) is 0 Å². The van der Waals surface area contributed by atoms with Crippen molar-refractivity contribution in [2.45, 2.75) is 19.4 Å². The van der Waals surface area contributed by atoms with Gasteiger partial charge in [-0.2, -0.15) is 0 Å². The van der Waals surface area contributed by atoms with Crippen molar-refractivity contribution in [3.05, 3.63) is 71.7 Å². The van der Waals surface area contributed by atoms with Crippen LogP contribution in [0.2, 0.25) is 0 Å². The van der Waals surface area contributed by atoms with Gasteiger partial charge in [-0.1, -0.05) is 30.3 Å². The molecule has 0 fully saturated rings. The first-order chi connectivity index (χ1) is 12.5. The third-order valence-electron chi connectivity index (χ3n) is 3.87. The quantitative estimate of drug-likeness (QED) is 0.687. The monoisotopic (exact) mass is 355 g/mol. The van der Waals surface area contributed by atoms with Crippen molar-refractivity contribution in [3.8, 4) is 0 Å². The Balaban J connectivity index is 1.48. The highest BCUT2D eigenvalue weighted by Gasteiger charge is 2.15. The molecule has 0 spiro atoms. The number of halogens is 1. The lowest BCUT2D eigenvalue weighted by Gasteiger charge is -2.11. The van der Waals surface area contributed by atoms with Crippen molar-refractivity contribution >= 4 is 22.8 Å². The number of esters is 1. The van der Waals surface area contributed by atoms with E-state index in [0.717, 1.165) is 11.0 Å². The number of furan rings is 1. The number of carbonyl (C=O) groups excluding carboxylic acids is 2. The summed E-state index contributed by atoms with van der Waals surface area (Å²) in [5, 5.41) is 3.68. The zero-order valence-electron chi connectivity index (χ0n) is 14.2. The van der Waals surface area contributed by atoms with Gasteiger partial charge in [0.05, 0.1) is 12.5 Å². The van der Waals surface area contributed by atoms with Gasteiger partial charge in [0.1, 0.15) is 17.2 Å². The minimum atomic E-state index is -0.553. The molecular weight excluding hydrogens is 337 g/mol. The molecule has 134 valence electrons. The maximum Gasteiger partial charge on any atom is 0.310 e. The van der Waals surface area contributed by atoms with E-state index in [1.807, 2.05) is 30.3 Å². The van der Waals surface area contributed by atoms with Gasteiger partial charge in [0, 0.05) is 5.39 Å². The smallest absolute Gasteiger partial charge is 0.310 e. The van der Waals surface area contributed by atoms with Gasteiger partial charge in [0.25, 0.3) is 5.91 Å². The number of nitrogens with one attached hydrogen (secondary N) is 1. The van der Waals surface area contributed by atoms with Crippen LogP contribution in [0.3, 0.4) is 0 Å². The Morgan fingerprint density at radius 3 is 2.62 bits per heavy atom. The van der Waals surface area contributed by atoms with Gasteiger partial charge in [0.15, 0.2) is 6.61 Å². The zero-order valence-corrected chi connectivity index (χ0v) is 14.2. The summed E-state index contributed by atoms with van der Waals surface area (Å²) >= 11 is 0. The molecule has 2 aromatic carbocycles. The number of carbonyl (C=O) groups is 2. The summed E-state index contributed by atoms with van der Waals surface area (Å²) in [7, 11) is 0. The summed E-state index contributed by atoms with van der Waals surface area (Å²) in [6, 6.07) is 14.6. The largest absolute Gasteiger partial charge is 0.459 e. The van der Waals surface area contributed by atoms with Gasteiger partial charge in [-0.3, -0.25) is 9.59 Å². The van der Waals surface area contributed by atoms with Gasteiger partial charge in [-0.15, -0.1) is 0 Å². The van der Waals surface area contributed by atoms with E-state index < -0.39 is 11.9 Å². The molecule has 3 rings (SSSR count). The summed E-state index contributed by atoms with van der Waals surface area (Å²) in [5.41, 5.74) is 1.36. The molecule has 0 aliphatic rings. The van der Waals surface area contributed by atoms with Crippen molar-refractivity contribution < 1.29 is 23.1 Å². The van der Waals surface area contributed by atoms with E-state index in [0.29, 0.717) is 11.3 Å². The first-order valence-corrected chi connectivity index (χ1v) is 8.19. The fourth-order valence-electron chi connectivity index (χ4n) is 2.54. The second-order valence-corrected chi connectivity index (χ2v) is 5.94. The van der Waals surface area contributed by atoms with Crippen LogP contribution in [0.25, 0.3) is 11.0 Å². The van der Waals surface area contributed by atoms with Gasteiger partial charge in [-0.25, -0.2) is 4.39 Å². The van der Waals surface area contributed by atoms with Crippen LogP contribution in [-0.2, 0) is 20.7 Å². The summed E-state index contributed by atoms with van der Waals surface area (Å²) < 4.78 is 23.5. The van der Waals surface area contributed by atoms with Gasteiger partial charge < -0.3 is 14.5 Å². The Kier molecular flexibility index (Phi) is 5.31. The molecule has 0 aliphatic carbocycles. The van der Waals surface area contributed by atoms with E-state index in [1.165, 1.54) is 24.3 Å². The highest BCUT2D eigenvalue weighted by atomic mass is 19.1. The third-order valence-corrected chi connectivity index (χ3v) is 3.87. The van der Waals surface area contributed by atoms with Crippen LogP contribution in [0, 0.1) is 5.82 Å². The molecule has 0 bridgehead atoms. The number of benzene rings is 2. The Morgan fingerprint density at radius 2 is 1.88 bits per heavy atom. The van der Waals surface area contributed by atoms with E-state index in [2.05, 4.69) is 5.32 Å². The number of para-hydroxylation sites is 1. The molecule has 26 heavy (non-hydrogen) atoms. The van der Waals surface area contributed by atoms with Crippen molar-refractivity contribution in [1.82, 2.24) is 5.32 Å². The first kappa shape index (κ1) is 17.7. The van der Waals surface area contributed by atoms with E-state index in [-0.39, 0.29) is 24.9 Å². The second kappa shape index (κ2) is 7.82. The Bertz CT molecular complexity index is 884. The number of ether oxygens (including phenoxy) is 1. The summed E-state index contributed by atoms with van der Waals surface area (Å²) in [6.45, 7) is 1.40. The van der Waals surface area contributed by atoms with Crippen LogP contribution in [-0.4, -0.2) is 18.5 Å². The van der Waals surface area contributed by atoms with Crippen LogP contribution in [0.5, 0.6) is 0 Å². The molecule has 6 heteroatoms. The van der Waals surface area contributed by atoms with E-state index in [4.69, 9.17) is 9.15 Å². The van der Waals surface area contributed by atoms with Crippen LogP contribution in [0.4, 0.5) is 4.39 Å². The number of fused-ring (bicyclic) bond motifs is 1. The summed E-state index contributed by atoms with van der Waals surface area (Å²) in [6.07, 6.45) is -0.0211. The minimum Gasteiger partial charge on any atom is -0.459 e. The minimum absolute atomic E-state index is 0.0211. The maximum absolute atomic E-state index is 12.8. The molecule has 0 saturated carbocycles. The van der Waals surface area contributed by atoms with Crippen molar-refractivity contribution in [3.63, 3.8) is 0 Å². The maximum atomic E-state index is 12.8. The summed E-state index contributed by atoms with van der Waals surface area (Å²) in [5.74, 6) is -0.730. The third kappa shape index (κ3) is 4.47. The van der Waals surface area contributed by atoms with Gasteiger partial charge >= 0.3 is 5.97 Å². The van der Waals surface area contributed by atoms with E-state index in [9.17, 15) is 14.0 Å². The number of hydrogen-bond donors (Lipinski definition) is 1. The molecular formula is C20H18FNO4. The lowest BCUT2D eigenvalue weighted by Crippen LogP contribution is -2.31. The number of amides is 1. The molecule has 0 aliphatic heterocycles. The molecule has 1 atom stereocenters. The van der Waals surface area contributed by atoms with E-state index >= 15 is 0 Å². The fraction of sp³-hybridized carbons (Fsp3) is 0.200. The SMILES string of the molecule is C[C@@H](NC(=O)COC(=O)Cc1ccc(F)cc1)c1cc2ccccc2o1. The molecule has 1 N–H and O–H groups in total. The molecule has 0 radical (unpaired) electrons. The molecule has 3 aromatic rings. The normalized spacial score (nSPS) is 11.9. The highest BCUT2D eigenvalue weighted by molar-refractivity contribution is 5.82.